The molecule has 0 fully saturated rings. The molecule has 0 aliphatic rings. The number of furan rings is 1. The molecule has 0 spiro atoms. The number of carbonyl (C=O) groups excluding carboxylic acids is 1. The third kappa shape index (κ3) is 3.94. The molecule has 2 rings (SSSR count). The molecule has 0 aliphatic heterocycles. The van der Waals surface area contributed by atoms with Crippen LogP contribution in [-0.4, -0.2) is 22.1 Å². The van der Waals surface area contributed by atoms with Crippen LogP contribution in [0.5, 0.6) is 0 Å². The van der Waals surface area contributed by atoms with Gasteiger partial charge >= 0.3 is 5.97 Å². The first kappa shape index (κ1) is 20.1. The molecule has 0 amide bonds. The molecule has 4 N–H and O–H groups in total. The van der Waals surface area contributed by atoms with Gasteiger partial charge in [0.25, 0.3) is 0 Å². The molecule has 26 heavy (non-hydrogen) atoms. The summed E-state index contributed by atoms with van der Waals surface area (Å²) in [5.41, 5.74) is 14.2. The molecule has 1 atom stereocenters. The maximum absolute atomic E-state index is 12.1. The number of hydrogen-bond acceptors (Lipinski definition) is 6. The number of rotatable bonds is 5. The molecule has 0 saturated heterocycles. The second kappa shape index (κ2) is 7.55. The maximum atomic E-state index is 12.1. The standard InChI is InChI=1S/C19H27N2O4Si/c1-19(2,3)17(25-26(5)6)16-12(9-10-24-16)11-7-8-13(20)14(15(11)21)18(22)23-4/h7-10,17H,20-21H2,1-6H3. The molecule has 1 aromatic heterocycles. The van der Waals surface area contributed by atoms with Crippen LogP contribution in [0.3, 0.4) is 0 Å². The van der Waals surface area contributed by atoms with Gasteiger partial charge in [0.2, 0.25) is 9.04 Å². The second-order valence-corrected chi connectivity index (χ2v) is 9.51. The Morgan fingerprint density at radius 1 is 1.15 bits per heavy atom. The minimum atomic E-state index is -0.966. The second-order valence-electron chi connectivity index (χ2n) is 7.45. The zero-order chi connectivity index (χ0) is 19.6. The summed E-state index contributed by atoms with van der Waals surface area (Å²) in [6, 6.07) is 5.27. The summed E-state index contributed by atoms with van der Waals surface area (Å²) in [6.45, 7) is 10.5. The SMILES string of the molecule is COC(=O)c1c(N)ccc(-c2ccoc2C(O[Si](C)C)C(C)(C)C)c1N. The lowest BCUT2D eigenvalue weighted by atomic mass is 9.85. The first-order chi connectivity index (χ1) is 12.1. The predicted molar refractivity (Wildman–Crippen MR) is 105 cm³/mol. The minimum absolute atomic E-state index is 0.168. The monoisotopic (exact) mass is 375 g/mol. The van der Waals surface area contributed by atoms with Gasteiger partial charge in [-0.05, 0) is 30.6 Å². The molecule has 0 aliphatic carbocycles. The van der Waals surface area contributed by atoms with E-state index < -0.39 is 15.0 Å². The van der Waals surface area contributed by atoms with Crippen molar-refractivity contribution in [3.05, 3.63) is 35.8 Å². The van der Waals surface area contributed by atoms with Crippen molar-refractivity contribution < 1.29 is 18.4 Å². The van der Waals surface area contributed by atoms with Gasteiger partial charge in [0.15, 0.2) is 0 Å². The van der Waals surface area contributed by atoms with E-state index in [9.17, 15) is 4.79 Å². The number of nitrogen functional groups attached to an aromatic ring is 2. The van der Waals surface area contributed by atoms with Crippen molar-refractivity contribution in [3.63, 3.8) is 0 Å². The number of esters is 1. The van der Waals surface area contributed by atoms with Crippen molar-refractivity contribution in [2.45, 2.75) is 40.0 Å². The van der Waals surface area contributed by atoms with Gasteiger partial charge in [-0.2, -0.15) is 0 Å². The molecule has 1 unspecified atom stereocenters. The molecule has 0 saturated carbocycles. The fourth-order valence-corrected chi connectivity index (χ4v) is 3.74. The van der Waals surface area contributed by atoms with Gasteiger partial charge < -0.3 is 25.0 Å². The summed E-state index contributed by atoms with van der Waals surface area (Å²) in [7, 11) is 0.332. The quantitative estimate of drug-likeness (QED) is 0.460. The average molecular weight is 376 g/mol. The van der Waals surface area contributed by atoms with Crippen molar-refractivity contribution in [3.8, 4) is 11.1 Å². The molecule has 6 nitrogen and oxygen atoms in total. The van der Waals surface area contributed by atoms with E-state index in [4.69, 9.17) is 25.0 Å². The highest BCUT2D eigenvalue weighted by molar-refractivity contribution is 6.48. The Bertz CT molecular complexity index is 793. The van der Waals surface area contributed by atoms with E-state index in [1.165, 1.54) is 7.11 Å². The lowest BCUT2D eigenvalue weighted by Crippen LogP contribution is -2.26. The third-order valence-corrected chi connectivity index (χ3v) is 4.74. The fourth-order valence-electron chi connectivity index (χ4n) is 2.81. The summed E-state index contributed by atoms with van der Waals surface area (Å²) >= 11 is 0. The minimum Gasteiger partial charge on any atom is -0.466 e. The summed E-state index contributed by atoms with van der Waals surface area (Å²) in [6.07, 6.45) is 1.37. The largest absolute Gasteiger partial charge is 0.466 e. The van der Waals surface area contributed by atoms with Crippen LogP contribution in [0.4, 0.5) is 11.4 Å². The van der Waals surface area contributed by atoms with Crippen molar-refractivity contribution >= 4 is 26.4 Å². The summed E-state index contributed by atoms with van der Waals surface area (Å²) in [4.78, 5) is 12.1. The Balaban J connectivity index is 2.63. The average Bonchev–Trinajstić information content (AvgIpc) is 3.00. The van der Waals surface area contributed by atoms with Crippen LogP contribution in [0.15, 0.2) is 28.9 Å². The number of nitrogens with two attached hydrogens (primary N) is 2. The van der Waals surface area contributed by atoms with Crippen LogP contribution >= 0.6 is 0 Å². The lowest BCUT2D eigenvalue weighted by Gasteiger charge is -2.31. The van der Waals surface area contributed by atoms with Crippen LogP contribution in [0, 0.1) is 5.41 Å². The van der Waals surface area contributed by atoms with Gasteiger partial charge in [-0.15, -0.1) is 0 Å². The summed E-state index contributed by atoms with van der Waals surface area (Å²) < 4.78 is 16.9. The normalized spacial score (nSPS) is 13.0. The van der Waals surface area contributed by atoms with E-state index in [1.807, 2.05) is 6.07 Å². The Kier molecular flexibility index (Phi) is 5.83. The smallest absolute Gasteiger partial charge is 0.342 e. The van der Waals surface area contributed by atoms with E-state index >= 15 is 0 Å². The Labute approximate surface area is 156 Å². The van der Waals surface area contributed by atoms with Gasteiger partial charge in [-0.1, -0.05) is 26.8 Å². The first-order valence-corrected chi connectivity index (χ1v) is 10.8. The lowest BCUT2D eigenvalue weighted by molar-refractivity contribution is 0.0603. The van der Waals surface area contributed by atoms with Crippen LogP contribution in [0.1, 0.15) is 43.0 Å². The van der Waals surface area contributed by atoms with Gasteiger partial charge in [0.05, 0.1) is 19.1 Å². The predicted octanol–water partition coefficient (Wildman–Crippen LogP) is 4.25. The molecule has 1 aromatic carbocycles. The topological polar surface area (TPSA) is 101 Å². The van der Waals surface area contributed by atoms with Gasteiger partial charge in [0.1, 0.15) is 17.4 Å². The zero-order valence-corrected chi connectivity index (χ0v) is 17.2. The summed E-state index contributed by atoms with van der Waals surface area (Å²) in [5.74, 6) is 0.124. The van der Waals surface area contributed by atoms with E-state index in [0.717, 1.165) is 5.56 Å². The molecular weight excluding hydrogens is 348 g/mol. The van der Waals surface area contributed by atoms with Crippen LogP contribution in [0.25, 0.3) is 11.1 Å². The Hall–Kier alpha value is -2.25. The molecule has 0 bridgehead atoms. The van der Waals surface area contributed by atoms with Gasteiger partial charge in [-0.3, -0.25) is 0 Å². The molecule has 7 heteroatoms. The highest BCUT2D eigenvalue weighted by Crippen LogP contribution is 2.44. The van der Waals surface area contributed by atoms with E-state index in [1.54, 1.807) is 18.4 Å². The molecule has 141 valence electrons. The number of benzene rings is 1. The molecule has 1 radical (unpaired) electrons. The first-order valence-electron chi connectivity index (χ1n) is 8.38. The van der Waals surface area contributed by atoms with E-state index in [0.29, 0.717) is 11.3 Å². The van der Waals surface area contributed by atoms with Crippen molar-refractivity contribution in [1.29, 1.82) is 0 Å². The van der Waals surface area contributed by atoms with Crippen molar-refractivity contribution in [2.24, 2.45) is 5.41 Å². The van der Waals surface area contributed by atoms with Crippen LogP contribution in [-0.2, 0) is 9.16 Å². The molecular formula is C19H27N2O4Si. The number of carbonyl (C=O) groups is 1. The highest BCUT2D eigenvalue weighted by atomic mass is 28.3. The van der Waals surface area contributed by atoms with Crippen LogP contribution < -0.4 is 11.5 Å². The van der Waals surface area contributed by atoms with E-state index in [-0.39, 0.29) is 28.5 Å². The zero-order valence-electron chi connectivity index (χ0n) is 16.2. The molecule has 1 heterocycles. The molecule has 2 aromatic rings. The highest BCUT2D eigenvalue weighted by Gasteiger charge is 2.33. The van der Waals surface area contributed by atoms with E-state index in [2.05, 4.69) is 33.9 Å². The third-order valence-electron chi connectivity index (χ3n) is 4.03. The number of methoxy groups -OCH3 is 1. The fraction of sp³-hybridized carbons (Fsp3) is 0.421. The number of ether oxygens (including phenoxy) is 1. The number of hydrogen-bond donors (Lipinski definition) is 2. The number of anilines is 2. The summed E-state index contributed by atoms with van der Waals surface area (Å²) in [5, 5.41) is 0. The van der Waals surface area contributed by atoms with Crippen molar-refractivity contribution in [1.82, 2.24) is 0 Å². The van der Waals surface area contributed by atoms with Crippen molar-refractivity contribution in [2.75, 3.05) is 18.6 Å². The Morgan fingerprint density at radius 2 is 1.81 bits per heavy atom. The van der Waals surface area contributed by atoms with Crippen LogP contribution in [0.2, 0.25) is 13.1 Å². The maximum Gasteiger partial charge on any atom is 0.342 e. The Morgan fingerprint density at radius 3 is 2.35 bits per heavy atom. The van der Waals surface area contributed by atoms with Gasteiger partial charge in [-0.25, -0.2) is 4.79 Å². The van der Waals surface area contributed by atoms with Gasteiger partial charge in [0, 0.05) is 16.8 Å².